The summed E-state index contributed by atoms with van der Waals surface area (Å²) in [4.78, 5) is 14.5. The van der Waals surface area contributed by atoms with Crippen molar-refractivity contribution in [2.24, 2.45) is 5.92 Å². The first-order valence-electron chi connectivity index (χ1n) is 7.36. The van der Waals surface area contributed by atoms with Crippen LogP contribution in [-0.4, -0.2) is 23.4 Å². The van der Waals surface area contributed by atoms with Crippen LogP contribution in [0.5, 0.6) is 0 Å². The predicted molar refractivity (Wildman–Crippen MR) is 76.6 cm³/mol. The Morgan fingerprint density at radius 3 is 2.42 bits per heavy atom. The fourth-order valence-corrected chi connectivity index (χ4v) is 2.50. The molecule has 0 atom stereocenters. The molecule has 1 amide bonds. The molecule has 3 heteroatoms. The normalized spacial score (nSPS) is 18.3. The van der Waals surface area contributed by atoms with Crippen molar-refractivity contribution in [3.8, 4) is 0 Å². The molecule has 0 aromatic heterocycles. The Bertz CT molecular complexity index is 446. The number of rotatable bonds is 6. The number of amides is 1. The van der Waals surface area contributed by atoms with E-state index >= 15 is 0 Å². The smallest absolute Gasteiger partial charge is 0.223 e. The van der Waals surface area contributed by atoms with E-state index in [9.17, 15) is 4.79 Å². The maximum Gasteiger partial charge on any atom is 0.223 e. The highest BCUT2D eigenvalue weighted by Crippen LogP contribution is 2.35. The summed E-state index contributed by atoms with van der Waals surface area (Å²) in [6.07, 6.45) is 6.50. The van der Waals surface area contributed by atoms with E-state index in [1.165, 1.54) is 31.2 Å². The average Bonchev–Trinajstić information content (AvgIpc) is 3.27. The summed E-state index contributed by atoms with van der Waals surface area (Å²) >= 11 is 0. The van der Waals surface area contributed by atoms with Crippen LogP contribution in [0.2, 0.25) is 0 Å². The van der Waals surface area contributed by atoms with Crippen LogP contribution in [-0.2, 0) is 11.2 Å². The van der Waals surface area contributed by atoms with Crippen LogP contribution < -0.4 is 5.73 Å². The van der Waals surface area contributed by atoms with Crippen molar-refractivity contribution in [2.45, 2.75) is 44.6 Å². The number of nitrogen functional groups attached to an aromatic ring is 1. The molecule has 3 nitrogen and oxygen atoms in total. The van der Waals surface area contributed by atoms with Gasteiger partial charge in [0.15, 0.2) is 0 Å². The SMILES string of the molecule is Nc1ccc(CCC(=O)N(CC2CC2)C2CC2)cc1. The van der Waals surface area contributed by atoms with Crippen LogP contribution >= 0.6 is 0 Å². The summed E-state index contributed by atoms with van der Waals surface area (Å²) in [6, 6.07) is 8.40. The molecular weight excluding hydrogens is 236 g/mol. The lowest BCUT2D eigenvalue weighted by molar-refractivity contribution is -0.132. The summed E-state index contributed by atoms with van der Waals surface area (Å²) in [5, 5.41) is 0. The number of carbonyl (C=O) groups excluding carboxylic acids is 1. The molecule has 0 unspecified atom stereocenters. The summed E-state index contributed by atoms with van der Waals surface area (Å²) in [6.45, 7) is 1.01. The lowest BCUT2D eigenvalue weighted by atomic mass is 10.1. The number of carbonyl (C=O) groups is 1. The van der Waals surface area contributed by atoms with Gasteiger partial charge in [0.2, 0.25) is 5.91 Å². The molecule has 0 spiro atoms. The molecule has 0 bridgehead atoms. The van der Waals surface area contributed by atoms with E-state index < -0.39 is 0 Å². The van der Waals surface area contributed by atoms with Crippen molar-refractivity contribution < 1.29 is 4.79 Å². The first-order chi connectivity index (χ1) is 9.22. The first-order valence-corrected chi connectivity index (χ1v) is 7.36. The van der Waals surface area contributed by atoms with Gasteiger partial charge < -0.3 is 10.6 Å². The number of hydrogen-bond acceptors (Lipinski definition) is 2. The van der Waals surface area contributed by atoms with E-state index in [0.717, 1.165) is 24.6 Å². The molecule has 2 aliphatic rings. The molecule has 0 aliphatic heterocycles. The average molecular weight is 258 g/mol. The fraction of sp³-hybridized carbons (Fsp3) is 0.562. The summed E-state index contributed by atoms with van der Waals surface area (Å²) in [7, 11) is 0. The van der Waals surface area contributed by atoms with Crippen molar-refractivity contribution in [1.29, 1.82) is 0 Å². The highest BCUT2D eigenvalue weighted by molar-refractivity contribution is 5.77. The number of aryl methyl sites for hydroxylation is 1. The number of nitrogens with zero attached hydrogens (tertiary/aromatic N) is 1. The minimum Gasteiger partial charge on any atom is -0.399 e. The third-order valence-corrected chi connectivity index (χ3v) is 4.07. The van der Waals surface area contributed by atoms with E-state index in [0.29, 0.717) is 18.4 Å². The van der Waals surface area contributed by atoms with Gasteiger partial charge in [-0.3, -0.25) is 4.79 Å². The van der Waals surface area contributed by atoms with E-state index in [4.69, 9.17) is 5.73 Å². The second-order valence-corrected chi connectivity index (χ2v) is 5.96. The maximum atomic E-state index is 12.3. The molecular formula is C16H22N2O. The zero-order chi connectivity index (χ0) is 13.2. The van der Waals surface area contributed by atoms with Gasteiger partial charge in [-0.1, -0.05) is 12.1 Å². The van der Waals surface area contributed by atoms with E-state index in [-0.39, 0.29) is 0 Å². The van der Waals surface area contributed by atoms with Gasteiger partial charge in [-0.05, 0) is 55.7 Å². The van der Waals surface area contributed by atoms with Crippen LogP contribution in [0.25, 0.3) is 0 Å². The van der Waals surface area contributed by atoms with Crippen LogP contribution in [0.4, 0.5) is 5.69 Å². The minimum atomic E-state index is 0.339. The van der Waals surface area contributed by atoms with Gasteiger partial charge in [-0.2, -0.15) is 0 Å². The molecule has 0 saturated heterocycles. The molecule has 102 valence electrons. The third-order valence-electron chi connectivity index (χ3n) is 4.07. The van der Waals surface area contributed by atoms with E-state index in [1.807, 2.05) is 24.3 Å². The fourth-order valence-electron chi connectivity index (χ4n) is 2.50. The Morgan fingerprint density at radius 1 is 1.16 bits per heavy atom. The van der Waals surface area contributed by atoms with Gasteiger partial charge >= 0.3 is 0 Å². The second-order valence-electron chi connectivity index (χ2n) is 5.96. The monoisotopic (exact) mass is 258 g/mol. The Labute approximate surface area is 114 Å². The van der Waals surface area contributed by atoms with Gasteiger partial charge in [0.25, 0.3) is 0 Å². The van der Waals surface area contributed by atoms with Crippen LogP contribution in [0.15, 0.2) is 24.3 Å². The Balaban J connectivity index is 1.52. The van der Waals surface area contributed by atoms with Gasteiger partial charge in [0.05, 0.1) is 0 Å². The summed E-state index contributed by atoms with van der Waals surface area (Å²) in [5.74, 6) is 1.13. The highest BCUT2D eigenvalue weighted by Gasteiger charge is 2.35. The number of benzene rings is 1. The largest absolute Gasteiger partial charge is 0.399 e. The lowest BCUT2D eigenvalue weighted by Gasteiger charge is -2.22. The Morgan fingerprint density at radius 2 is 1.84 bits per heavy atom. The van der Waals surface area contributed by atoms with Crippen LogP contribution in [0, 0.1) is 5.92 Å². The van der Waals surface area contributed by atoms with Crippen LogP contribution in [0.3, 0.4) is 0 Å². The molecule has 19 heavy (non-hydrogen) atoms. The molecule has 1 aromatic rings. The standard InChI is InChI=1S/C16H22N2O/c17-14-6-3-12(4-7-14)5-10-16(19)18(15-8-9-15)11-13-1-2-13/h3-4,6-7,13,15H,1-2,5,8-11,17H2. The van der Waals surface area contributed by atoms with Crippen molar-refractivity contribution >= 4 is 11.6 Å². The molecule has 2 N–H and O–H groups in total. The van der Waals surface area contributed by atoms with E-state index in [1.54, 1.807) is 0 Å². The molecule has 2 saturated carbocycles. The van der Waals surface area contributed by atoms with Crippen molar-refractivity contribution in [3.05, 3.63) is 29.8 Å². The van der Waals surface area contributed by atoms with Crippen molar-refractivity contribution in [1.82, 2.24) is 4.90 Å². The maximum absolute atomic E-state index is 12.3. The first kappa shape index (κ1) is 12.5. The molecule has 0 heterocycles. The zero-order valence-electron chi connectivity index (χ0n) is 11.3. The molecule has 2 aliphatic carbocycles. The van der Waals surface area contributed by atoms with Crippen molar-refractivity contribution in [3.63, 3.8) is 0 Å². The Hall–Kier alpha value is -1.51. The summed E-state index contributed by atoms with van der Waals surface area (Å²) < 4.78 is 0. The van der Waals surface area contributed by atoms with Gasteiger partial charge in [-0.25, -0.2) is 0 Å². The molecule has 1 aromatic carbocycles. The molecule has 0 radical (unpaired) electrons. The minimum absolute atomic E-state index is 0.339. The lowest BCUT2D eigenvalue weighted by Crippen LogP contribution is -2.35. The van der Waals surface area contributed by atoms with Gasteiger partial charge in [0, 0.05) is 24.7 Å². The quantitative estimate of drug-likeness (QED) is 0.797. The van der Waals surface area contributed by atoms with Gasteiger partial charge in [0.1, 0.15) is 0 Å². The number of hydrogen-bond donors (Lipinski definition) is 1. The van der Waals surface area contributed by atoms with E-state index in [2.05, 4.69) is 4.90 Å². The third kappa shape index (κ3) is 3.49. The molecule has 3 rings (SSSR count). The highest BCUT2D eigenvalue weighted by atomic mass is 16.2. The van der Waals surface area contributed by atoms with Crippen molar-refractivity contribution in [2.75, 3.05) is 12.3 Å². The Kier molecular flexibility index (Phi) is 3.45. The molecule has 2 fully saturated rings. The zero-order valence-corrected chi connectivity index (χ0v) is 11.3. The predicted octanol–water partition coefficient (Wildman–Crippen LogP) is 2.60. The van der Waals surface area contributed by atoms with Gasteiger partial charge in [-0.15, -0.1) is 0 Å². The number of anilines is 1. The number of nitrogens with two attached hydrogens (primary N) is 1. The topological polar surface area (TPSA) is 46.3 Å². The van der Waals surface area contributed by atoms with Crippen LogP contribution in [0.1, 0.15) is 37.7 Å². The summed E-state index contributed by atoms with van der Waals surface area (Å²) in [5.41, 5.74) is 7.65. The second kappa shape index (κ2) is 5.24.